The number of pyridine rings is 1. The number of hydrogen-bond donors (Lipinski definition) is 1. The van der Waals surface area contributed by atoms with Gasteiger partial charge < -0.3 is 19.9 Å². The van der Waals surface area contributed by atoms with E-state index >= 15 is 0 Å². The topological polar surface area (TPSA) is 103 Å². The van der Waals surface area contributed by atoms with Crippen molar-refractivity contribution in [3.05, 3.63) is 47.8 Å². The van der Waals surface area contributed by atoms with Gasteiger partial charge in [-0.1, -0.05) is 6.07 Å². The van der Waals surface area contributed by atoms with E-state index < -0.39 is 5.54 Å². The fourth-order valence-electron chi connectivity index (χ4n) is 5.20. The average Bonchev–Trinajstić information content (AvgIpc) is 3.16. The van der Waals surface area contributed by atoms with Gasteiger partial charge in [-0.05, 0) is 56.9 Å². The molecule has 3 aliphatic rings. The molecular formula is C24H26N4O3. The quantitative estimate of drug-likeness (QED) is 0.818. The first kappa shape index (κ1) is 19.8. The van der Waals surface area contributed by atoms with E-state index in [0.717, 1.165) is 41.7 Å². The van der Waals surface area contributed by atoms with Gasteiger partial charge in [0.2, 0.25) is 0 Å². The molecule has 1 fully saturated rings. The zero-order valence-electron chi connectivity index (χ0n) is 17.7. The number of nitrogens with two attached hydrogens (primary N) is 1. The molecule has 4 atom stereocenters. The number of ether oxygens (including phenoxy) is 3. The van der Waals surface area contributed by atoms with Crippen LogP contribution in [-0.4, -0.2) is 35.9 Å². The lowest BCUT2D eigenvalue weighted by Crippen LogP contribution is -2.52. The molecule has 7 nitrogen and oxygen atoms in total. The monoisotopic (exact) mass is 418 g/mol. The van der Waals surface area contributed by atoms with Crippen molar-refractivity contribution in [3.8, 4) is 22.9 Å². The van der Waals surface area contributed by atoms with E-state index in [1.807, 2.05) is 18.2 Å². The van der Waals surface area contributed by atoms with Crippen LogP contribution in [0.1, 0.15) is 44.2 Å². The number of rotatable bonds is 3. The third-order valence-electron chi connectivity index (χ3n) is 6.49. The lowest BCUT2D eigenvalue weighted by atomic mass is 9.67. The summed E-state index contributed by atoms with van der Waals surface area (Å²) in [5.41, 5.74) is 8.75. The van der Waals surface area contributed by atoms with Crippen molar-refractivity contribution in [2.75, 3.05) is 6.61 Å². The highest BCUT2D eigenvalue weighted by molar-refractivity contribution is 5.75. The number of aromatic nitrogens is 1. The van der Waals surface area contributed by atoms with Crippen LogP contribution in [0.5, 0.6) is 5.75 Å². The Morgan fingerprint density at radius 3 is 2.84 bits per heavy atom. The molecule has 0 unspecified atom stereocenters. The van der Waals surface area contributed by atoms with Gasteiger partial charge in [0.05, 0.1) is 17.8 Å². The summed E-state index contributed by atoms with van der Waals surface area (Å²) in [7, 11) is 0. The van der Waals surface area contributed by atoms with Crippen LogP contribution in [0.25, 0.3) is 11.1 Å². The lowest BCUT2D eigenvalue weighted by Gasteiger charge is -2.48. The summed E-state index contributed by atoms with van der Waals surface area (Å²) in [5.74, 6) is 0.928. The highest BCUT2D eigenvalue weighted by atomic mass is 16.5. The van der Waals surface area contributed by atoms with E-state index in [4.69, 9.17) is 24.9 Å². The maximum Gasteiger partial charge on any atom is 0.283 e. The Balaban J connectivity index is 1.59. The highest BCUT2D eigenvalue weighted by Crippen LogP contribution is 2.53. The van der Waals surface area contributed by atoms with Gasteiger partial charge in [0.15, 0.2) is 0 Å². The van der Waals surface area contributed by atoms with Crippen LogP contribution < -0.4 is 10.5 Å². The van der Waals surface area contributed by atoms with Crippen LogP contribution in [0.3, 0.4) is 0 Å². The Hall–Kier alpha value is -3.11. The zero-order chi connectivity index (χ0) is 21.6. The summed E-state index contributed by atoms with van der Waals surface area (Å²) in [5, 5.41) is 9.24. The van der Waals surface area contributed by atoms with Gasteiger partial charge in [-0.15, -0.1) is 0 Å². The second-order valence-electron chi connectivity index (χ2n) is 8.83. The summed E-state index contributed by atoms with van der Waals surface area (Å²) in [6.45, 7) is 4.53. The largest absolute Gasteiger partial charge is 0.490 e. The minimum absolute atomic E-state index is 0.0483. The van der Waals surface area contributed by atoms with Gasteiger partial charge in [-0.2, -0.15) is 5.26 Å². The molecule has 2 N–H and O–H groups in total. The maximum absolute atomic E-state index is 9.24. The second kappa shape index (κ2) is 7.54. The van der Waals surface area contributed by atoms with Crippen molar-refractivity contribution in [3.63, 3.8) is 0 Å². The predicted molar refractivity (Wildman–Crippen MR) is 115 cm³/mol. The molecule has 0 saturated heterocycles. The zero-order valence-corrected chi connectivity index (χ0v) is 17.7. The first-order valence-electron chi connectivity index (χ1n) is 10.8. The first-order valence-corrected chi connectivity index (χ1v) is 10.8. The van der Waals surface area contributed by atoms with Crippen molar-refractivity contribution in [1.29, 1.82) is 5.26 Å². The molecule has 7 heteroatoms. The Morgan fingerprint density at radius 2 is 2.10 bits per heavy atom. The number of fused-ring (bicyclic) bond motifs is 4. The number of nitriles is 1. The van der Waals surface area contributed by atoms with Gasteiger partial charge in [0.25, 0.3) is 6.02 Å². The average molecular weight is 418 g/mol. The minimum Gasteiger partial charge on any atom is -0.490 e. The summed E-state index contributed by atoms with van der Waals surface area (Å²) in [6, 6.07) is 10.3. The summed E-state index contributed by atoms with van der Waals surface area (Å²) >= 11 is 0. The summed E-state index contributed by atoms with van der Waals surface area (Å²) in [6.07, 6.45) is 6.44. The van der Waals surface area contributed by atoms with Crippen LogP contribution in [0.15, 0.2) is 41.7 Å². The van der Waals surface area contributed by atoms with Crippen LogP contribution in [-0.2, 0) is 15.0 Å². The molecule has 1 spiro atoms. The lowest BCUT2D eigenvalue weighted by molar-refractivity contribution is -0.0791. The van der Waals surface area contributed by atoms with E-state index in [1.165, 1.54) is 0 Å². The van der Waals surface area contributed by atoms with Crippen molar-refractivity contribution in [2.24, 2.45) is 16.6 Å². The van der Waals surface area contributed by atoms with Gasteiger partial charge in [0.1, 0.15) is 30.1 Å². The first-order chi connectivity index (χ1) is 15.0. The van der Waals surface area contributed by atoms with E-state index in [2.05, 4.69) is 31.0 Å². The van der Waals surface area contributed by atoms with Gasteiger partial charge in [-0.3, -0.25) is 4.98 Å². The fourth-order valence-corrected chi connectivity index (χ4v) is 5.20. The van der Waals surface area contributed by atoms with Crippen molar-refractivity contribution >= 4 is 6.02 Å². The molecule has 0 bridgehead atoms. The maximum atomic E-state index is 9.24. The van der Waals surface area contributed by atoms with Crippen molar-refractivity contribution in [1.82, 2.24) is 4.98 Å². The molecule has 1 aromatic carbocycles. The number of benzene rings is 1. The number of hydrogen-bond acceptors (Lipinski definition) is 7. The molecule has 0 amide bonds. The fraction of sp³-hybridized carbons (Fsp3) is 0.458. The molecular weight excluding hydrogens is 392 g/mol. The summed E-state index contributed by atoms with van der Waals surface area (Å²) in [4.78, 5) is 9.06. The Kier molecular flexibility index (Phi) is 4.82. The van der Waals surface area contributed by atoms with E-state index in [9.17, 15) is 5.26 Å². The molecule has 2 aromatic rings. The molecule has 5 rings (SSSR count). The number of amidine groups is 1. The normalized spacial score (nSPS) is 28.8. The van der Waals surface area contributed by atoms with Crippen molar-refractivity contribution < 1.29 is 14.2 Å². The standard InChI is InChI=1S/C24H26N4O3/c1-14(2)30-18-4-6-22-20(9-18)24(13-29-23(26)28-24)19-8-16(3-5-21(19)31-22)17-7-15(10-25)11-27-12-17/h3,5,7-8,11-12,14,18,20,22H,4,6,9,13H2,1-2H3,(H2,26,28)/t18-,20-,22-,24+/m0/s1. The van der Waals surface area contributed by atoms with Gasteiger partial charge in [-0.25, -0.2) is 4.99 Å². The Bertz CT molecular complexity index is 1080. The molecule has 1 saturated carbocycles. The third-order valence-corrected chi connectivity index (χ3v) is 6.49. The molecule has 0 radical (unpaired) electrons. The van der Waals surface area contributed by atoms with E-state index in [0.29, 0.717) is 12.2 Å². The Labute approximate surface area is 181 Å². The molecule has 3 heterocycles. The second-order valence-corrected chi connectivity index (χ2v) is 8.83. The van der Waals surface area contributed by atoms with Gasteiger partial charge >= 0.3 is 0 Å². The summed E-state index contributed by atoms with van der Waals surface area (Å²) < 4.78 is 18.3. The smallest absolute Gasteiger partial charge is 0.283 e. The number of nitrogens with zero attached hydrogens (tertiary/aromatic N) is 3. The van der Waals surface area contributed by atoms with Crippen LogP contribution in [0.2, 0.25) is 0 Å². The van der Waals surface area contributed by atoms with E-state index in [-0.39, 0.29) is 30.3 Å². The van der Waals surface area contributed by atoms with Crippen molar-refractivity contribution in [2.45, 2.75) is 57.0 Å². The van der Waals surface area contributed by atoms with Crippen LogP contribution in [0, 0.1) is 17.2 Å². The van der Waals surface area contributed by atoms with Gasteiger partial charge in [0, 0.05) is 29.4 Å². The molecule has 1 aliphatic carbocycles. The predicted octanol–water partition coefficient (Wildman–Crippen LogP) is 3.52. The molecule has 1 aromatic heterocycles. The highest BCUT2D eigenvalue weighted by Gasteiger charge is 2.55. The van der Waals surface area contributed by atoms with Crippen LogP contribution >= 0.6 is 0 Å². The minimum atomic E-state index is -0.600. The third kappa shape index (κ3) is 3.41. The number of aliphatic imine (C=N–C) groups is 1. The molecule has 31 heavy (non-hydrogen) atoms. The Morgan fingerprint density at radius 1 is 1.23 bits per heavy atom. The van der Waals surface area contributed by atoms with Crippen LogP contribution in [0.4, 0.5) is 0 Å². The molecule has 2 aliphatic heterocycles. The van der Waals surface area contributed by atoms with E-state index in [1.54, 1.807) is 12.4 Å². The molecule has 160 valence electrons. The SMILES string of the molecule is CC(C)O[C@H]1CC[C@@H]2Oc3ccc(-c4cncc(C#N)c4)cc3[C@]3(COC(N)=N3)[C@H]2C1.